The first-order chi connectivity index (χ1) is 7.69. The highest BCUT2D eigenvalue weighted by Gasteiger charge is 2.17. The molecule has 0 aliphatic carbocycles. The van der Waals surface area contributed by atoms with Crippen LogP contribution >= 0.6 is 0 Å². The predicted octanol–water partition coefficient (Wildman–Crippen LogP) is 1.96. The second-order valence-electron chi connectivity index (χ2n) is 3.99. The fourth-order valence-electron chi connectivity index (χ4n) is 1.94. The molecule has 0 saturated heterocycles. The van der Waals surface area contributed by atoms with E-state index >= 15 is 0 Å². The van der Waals surface area contributed by atoms with E-state index in [0.717, 1.165) is 31.5 Å². The molecule has 1 heterocycles. The van der Waals surface area contributed by atoms with E-state index < -0.39 is 5.97 Å². The van der Waals surface area contributed by atoms with Crippen molar-refractivity contribution in [3.05, 3.63) is 29.6 Å². The first-order valence-electron chi connectivity index (χ1n) is 5.91. The van der Waals surface area contributed by atoms with Crippen molar-refractivity contribution in [2.45, 2.75) is 46.1 Å². The van der Waals surface area contributed by atoms with Crippen molar-refractivity contribution in [3.8, 4) is 0 Å². The summed E-state index contributed by atoms with van der Waals surface area (Å²) < 4.78 is 2.07. The monoisotopic (exact) mass is 222 g/mol. The summed E-state index contributed by atoms with van der Waals surface area (Å²) in [5, 5.41) is 8.94. The molecule has 88 valence electrons. The van der Waals surface area contributed by atoms with Crippen molar-refractivity contribution >= 4 is 5.97 Å². The molecule has 16 heavy (non-hydrogen) atoms. The Hall–Kier alpha value is -1.38. The van der Waals surface area contributed by atoms with Gasteiger partial charge in [-0.05, 0) is 12.5 Å². The molecule has 0 saturated carbocycles. The summed E-state index contributed by atoms with van der Waals surface area (Å²) in [6, 6.07) is 4.04. The Labute approximate surface area is 96.7 Å². The quantitative estimate of drug-likeness (QED) is 0.748. The molecule has 3 nitrogen and oxygen atoms in total. The van der Waals surface area contributed by atoms with Crippen molar-refractivity contribution < 1.29 is 14.5 Å². The van der Waals surface area contributed by atoms with Gasteiger partial charge in [-0.2, -0.15) is 0 Å². The van der Waals surface area contributed by atoms with Crippen LogP contribution < -0.4 is 4.57 Å². The third-order valence-electron chi connectivity index (χ3n) is 2.58. The maximum atomic E-state index is 10.9. The first kappa shape index (κ1) is 12.7. The van der Waals surface area contributed by atoms with Gasteiger partial charge in [0.05, 0.1) is 0 Å². The summed E-state index contributed by atoms with van der Waals surface area (Å²) in [6.07, 6.45) is 5.11. The molecule has 3 heteroatoms. The summed E-state index contributed by atoms with van der Waals surface area (Å²) in [6.45, 7) is 5.10. The van der Waals surface area contributed by atoms with Crippen LogP contribution in [0.25, 0.3) is 0 Å². The van der Waals surface area contributed by atoms with Crippen LogP contribution in [0.3, 0.4) is 0 Å². The Bertz CT molecular complexity index is 337. The number of pyridine rings is 1. The molecule has 1 N–H and O–H groups in total. The number of carboxylic acids is 1. The molecular formula is C13H20NO2+. The summed E-state index contributed by atoms with van der Waals surface area (Å²) >= 11 is 0. The number of carbonyl (C=O) groups is 1. The van der Waals surface area contributed by atoms with Crippen LogP contribution in [0.2, 0.25) is 0 Å². The molecule has 0 radical (unpaired) electrons. The zero-order valence-electron chi connectivity index (χ0n) is 10.1. The number of carboxylic acid groups (broad SMARTS) is 1. The highest BCUT2D eigenvalue weighted by molar-refractivity contribution is 5.69. The molecule has 0 aliphatic rings. The topological polar surface area (TPSA) is 41.2 Å². The Morgan fingerprint density at radius 3 is 2.69 bits per heavy atom. The minimum absolute atomic E-state index is 0.121. The normalized spacial score (nSPS) is 10.4. The van der Waals surface area contributed by atoms with Crippen LogP contribution in [0.5, 0.6) is 0 Å². The molecule has 1 rings (SSSR count). The number of nitrogens with zero attached hydrogens (tertiary/aromatic N) is 1. The van der Waals surface area contributed by atoms with Crippen LogP contribution in [-0.4, -0.2) is 11.1 Å². The van der Waals surface area contributed by atoms with Gasteiger partial charge in [-0.15, -0.1) is 0 Å². The lowest BCUT2D eigenvalue weighted by Crippen LogP contribution is -2.40. The second-order valence-corrected chi connectivity index (χ2v) is 3.99. The van der Waals surface area contributed by atoms with Crippen molar-refractivity contribution in [2.24, 2.45) is 0 Å². The molecule has 0 aromatic carbocycles. The van der Waals surface area contributed by atoms with Gasteiger partial charge in [-0.1, -0.05) is 20.3 Å². The van der Waals surface area contributed by atoms with E-state index in [1.54, 1.807) is 0 Å². The molecule has 0 amide bonds. The van der Waals surface area contributed by atoms with Gasteiger partial charge in [0, 0.05) is 18.1 Å². The van der Waals surface area contributed by atoms with E-state index in [-0.39, 0.29) is 6.42 Å². The van der Waals surface area contributed by atoms with Gasteiger partial charge in [-0.3, -0.25) is 4.79 Å². The Morgan fingerprint density at radius 1 is 1.38 bits per heavy atom. The van der Waals surface area contributed by atoms with Gasteiger partial charge in [0.2, 0.25) is 0 Å². The number of hydrogen-bond donors (Lipinski definition) is 1. The lowest BCUT2D eigenvalue weighted by Gasteiger charge is -2.06. The Morgan fingerprint density at radius 2 is 2.12 bits per heavy atom. The van der Waals surface area contributed by atoms with E-state index in [9.17, 15) is 4.79 Å². The number of aromatic nitrogens is 1. The fourth-order valence-corrected chi connectivity index (χ4v) is 1.94. The first-order valence-corrected chi connectivity index (χ1v) is 5.91. The van der Waals surface area contributed by atoms with Crippen LogP contribution in [0.15, 0.2) is 18.3 Å². The van der Waals surface area contributed by atoms with E-state index in [2.05, 4.69) is 18.4 Å². The van der Waals surface area contributed by atoms with Gasteiger partial charge in [0.1, 0.15) is 13.0 Å². The summed E-state index contributed by atoms with van der Waals surface area (Å²) in [5.74, 6) is -0.756. The van der Waals surface area contributed by atoms with E-state index in [1.165, 1.54) is 5.56 Å². The molecule has 0 aliphatic heterocycles. The maximum absolute atomic E-state index is 10.9. The molecule has 0 bridgehead atoms. The van der Waals surface area contributed by atoms with Crippen LogP contribution in [0.1, 0.15) is 37.9 Å². The summed E-state index contributed by atoms with van der Waals surface area (Å²) in [5.41, 5.74) is 2.12. The number of aryl methyl sites for hydroxylation is 2. The molecule has 0 atom stereocenters. The molecular weight excluding hydrogens is 202 g/mol. The SMILES string of the molecule is CCCc1ccc[n+](CCC)c1CC(=O)O. The summed E-state index contributed by atoms with van der Waals surface area (Å²) in [7, 11) is 0. The van der Waals surface area contributed by atoms with Gasteiger partial charge < -0.3 is 5.11 Å². The number of hydrogen-bond acceptors (Lipinski definition) is 1. The standard InChI is InChI=1S/C13H19NO2/c1-3-6-11-7-5-9-14(8-4-2)12(11)10-13(15)16/h5,7,9H,3-4,6,8,10H2,1-2H3/p+1. The largest absolute Gasteiger partial charge is 0.481 e. The van der Waals surface area contributed by atoms with E-state index in [0.29, 0.717) is 0 Å². The summed E-state index contributed by atoms with van der Waals surface area (Å²) in [4.78, 5) is 10.9. The zero-order valence-corrected chi connectivity index (χ0v) is 10.1. The number of rotatable bonds is 6. The molecule has 0 fully saturated rings. The molecule has 1 aromatic heterocycles. The highest BCUT2D eigenvalue weighted by atomic mass is 16.4. The van der Waals surface area contributed by atoms with Crippen LogP contribution in [0, 0.1) is 0 Å². The lowest BCUT2D eigenvalue weighted by molar-refractivity contribution is -0.704. The second kappa shape index (κ2) is 6.26. The molecule has 0 spiro atoms. The van der Waals surface area contributed by atoms with Gasteiger partial charge in [-0.25, -0.2) is 4.57 Å². The van der Waals surface area contributed by atoms with E-state index in [1.807, 2.05) is 18.3 Å². The maximum Gasteiger partial charge on any atom is 0.314 e. The number of aliphatic carboxylic acids is 1. The average Bonchev–Trinajstić information content (AvgIpc) is 2.23. The van der Waals surface area contributed by atoms with Crippen molar-refractivity contribution in [3.63, 3.8) is 0 Å². The van der Waals surface area contributed by atoms with Crippen LogP contribution in [-0.2, 0) is 24.2 Å². The van der Waals surface area contributed by atoms with Crippen LogP contribution in [0.4, 0.5) is 0 Å². The van der Waals surface area contributed by atoms with Crippen molar-refractivity contribution in [1.82, 2.24) is 0 Å². The smallest absolute Gasteiger partial charge is 0.314 e. The van der Waals surface area contributed by atoms with Gasteiger partial charge in [0.25, 0.3) is 0 Å². The predicted molar refractivity (Wildman–Crippen MR) is 62.3 cm³/mol. The zero-order chi connectivity index (χ0) is 12.0. The Kier molecular flexibility index (Phi) is 4.96. The Balaban J connectivity index is 3.06. The average molecular weight is 222 g/mol. The molecule has 0 unspecified atom stereocenters. The highest BCUT2D eigenvalue weighted by Crippen LogP contribution is 2.08. The molecule has 1 aromatic rings. The third kappa shape index (κ3) is 3.33. The third-order valence-corrected chi connectivity index (χ3v) is 2.58. The van der Waals surface area contributed by atoms with Crippen molar-refractivity contribution in [2.75, 3.05) is 0 Å². The fraction of sp³-hybridized carbons (Fsp3) is 0.538. The van der Waals surface area contributed by atoms with E-state index in [4.69, 9.17) is 5.11 Å². The van der Waals surface area contributed by atoms with Gasteiger partial charge in [0.15, 0.2) is 11.9 Å². The minimum Gasteiger partial charge on any atom is -0.481 e. The lowest BCUT2D eigenvalue weighted by atomic mass is 10.1. The minimum atomic E-state index is -0.756. The van der Waals surface area contributed by atoms with Gasteiger partial charge >= 0.3 is 5.97 Å². The van der Waals surface area contributed by atoms with Crippen molar-refractivity contribution in [1.29, 1.82) is 0 Å².